The van der Waals surface area contributed by atoms with Crippen LogP contribution in [0.15, 0.2) is 22.8 Å². The monoisotopic (exact) mass is 284 g/mol. The molecule has 0 N–H and O–H groups in total. The van der Waals surface area contributed by atoms with Crippen molar-refractivity contribution in [2.24, 2.45) is 23.7 Å². The van der Waals surface area contributed by atoms with Gasteiger partial charge in [0.05, 0.1) is 0 Å². The van der Waals surface area contributed by atoms with E-state index in [-0.39, 0.29) is 0 Å². The first-order valence-electron chi connectivity index (χ1n) is 9.24. The van der Waals surface area contributed by atoms with E-state index in [2.05, 4.69) is 6.92 Å². The minimum Gasteiger partial charge on any atom is -0.295 e. The zero-order valence-corrected chi connectivity index (χ0v) is 13.4. The Hall–Kier alpha value is -0.850. The summed E-state index contributed by atoms with van der Waals surface area (Å²) in [7, 11) is 0. The quantitative estimate of drug-likeness (QED) is 0.679. The Kier molecular flexibility index (Phi) is 3.55. The molecule has 0 aliphatic heterocycles. The molecule has 0 spiro atoms. The smallest absolute Gasteiger partial charge is 0.159 e. The molecule has 0 radical (unpaired) electrons. The van der Waals surface area contributed by atoms with Gasteiger partial charge in [0.15, 0.2) is 5.78 Å². The van der Waals surface area contributed by atoms with E-state index >= 15 is 0 Å². The van der Waals surface area contributed by atoms with E-state index in [0.29, 0.717) is 11.7 Å². The van der Waals surface area contributed by atoms with Gasteiger partial charge in [-0.2, -0.15) is 0 Å². The van der Waals surface area contributed by atoms with Crippen LogP contribution >= 0.6 is 0 Å². The molecule has 2 fully saturated rings. The van der Waals surface area contributed by atoms with Crippen LogP contribution in [0.5, 0.6) is 0 Å². The zero-order valence-electron chi connectivity index (χ0n) is 13.4. The number of carbonyl (C=O) groups is 1. The molecule has 0 amide bonds. The van der Waals surface area contributed by atoms with Crippen LogP contribution in [0.2, 0.25) is 0 Å². The highest BCUT2D eigenvalue weighted by Gasteiger charge is 2.42. The number of hydrogen-bond acceptors (Lipinski definition) is 1. The lowest BCUT2D eigenvalue weighted by atomic mass is 9.62. The molecule has 21 heavy (non-hydrogen) atoms. The Bertz CT molecular complexity index is 510. The van der Waals surface area contributed by atoms with Crippen molar-refractivity contribution in [3.63, 3.8) is 0 Å². The van der Waals surface area contributed by atoms with Gasteiger partial charge in [-0.25, -0.2) is 0 Å². The van der Waals surface area contributed by atoms with E-state index in [9.17, 15) is 4.79 Å². The van der Waals surface area contributed by atoms with Crippen molar-refractivity contribution in [2.75, 3.05) is 0 Å². The molecule has 0 heterocycles. The predicted molar refractivity (Wildman–Crippen MR) is 85.9 cm³/mol. The van der Waals surface area contributed by atoms with Gasteiger partial charge in [0.2, 0.25) is 0 Å². The fraction of sp³-hybridized carbons (Fsp3) is 0.750. The molecule has 114 valence electrons. The Morgan fingerprint density at radius 1 is 1.14 bits per heavy atom. The fourth-order valence-corrected chi connectivity index (χ4v) is 5.82. The van der Waals surface area contributed by atoms with E-state index in [1.54, 1.807) is 11.1 Å². The largest absolute Gasteiger partial charge is 0.295 e. The van der Waals surface area contributed by atoms with E-state index in [4.69, 9.17) is 0 Å². The third-order valence-electron chi connectivity index (χ3n) is 6.77. The molecule has 4 aliphatic carbocycles. The molecule has 0 aromatic rings. The SMILES string of the molecule is CCCC1CC2=C3CC[C@@H]4CCC[C@H]4[C@@H]3CCC2=CC1=O. The van der Waals surface area contributed by atoms with Crippen molar-refractivity contribution in [2.45, 2.75) is 71.1 Å². The van der Waals surface area contributed by atoms with Gasteiger partial charge < -0.3 is 0 Å². The molecule has 4 rings (SSSR count). The third kappa shape index (κ3) is 2.24. The molecule has 1 unspecified atom stereocenters. The molecule has 0 aromatic carbocycles. The first-order valence-corrected chi connectivity index (χ1v) is 9.24. The second-order valence-corrected chi connectivity index (χ2v) is 7.80. The summed E-state index contributed by atoms with van der Waals surface area (Å²) in [6.07, 6.45) is 15.0. The van der Waals surface area contributed by atoms with Crippen LogP contribution in [0.4, 0.5) is 0 Å². The summed E-state index contributed by atoms with van der Waals surface area (Å²) in [6, 6.07) is 0. The van der Waals surface area contributed by atoms with Crippen LogP contribution < -0.4 is 0 Å². The van der Waals surface area contributed by atoms with Gasteiger partial charge in [-0.3, -0.25) is 4.79 Å². The van der Waals surface area contributed by atoms with E-state index in [1.807, 2.05) is 6.08 Å². The topological polar surface area (TPSA) is 17.1 Å². The van der Waals surface area contributed by atoms with Crippen molar-refractivity contribution in [1.82, 2.24) is 0 Å². The Labute approximate surface area is 128 Å². The van der Waals surface area contributed by atoms with Crippen LogP contribution in [-0.2, 0) is 4.79 Å². The predicted octanol–water partition coefficient (Wildman–Crippen LogP) is 5.22. The molecule has 0 aromatic heterocycles. The van der Waals surface area contributed by atoms with Gasteiger partial charge in [0.25, 0.3) is 0 Å². The average Bonchev–Trinajstić information content (AvgIpc) is 2.96. The standard InChI is InChI=1S/C20H28O/c1-2-4-15-11-19-14(12-20(15)21)8-10-17-16-6-3-5-13(16)7-9-18(17)19/h12-13,15-17H,2-11H2,1H3/t13-,15?,16+,17-/m0/s1. The van der Waals surface area contributed by atoms with E-state index in [0.717, 1.165) is 37.0 Å². The zero-order chi connectivity index (χ0) is 14.4. The molecule has 4 aliphatic rings. The first-order chi connectivity index (χ1) is 10.3. The molecular weight excluding hydrogens is 256 g/mol. The van der Waals surface area contributed by atoms with Crippen LogP contribution in [0, 0.1) is 23.7 Å². The number of rotatable bonds is 2. The van der Waals surface area contributed by atoms with Crippen LogP contribution in [0.25, 0.3) is 0 Å². The van der Waals surface area contributed by atoms with E-state index in [1.165, 1.54) is 50.5 Å². The van der Waals surface area contributed by atoms with Gasteiger partial charge >= 0.3 is 0 Å². The van der Waals surface area contributed by atoms with Gasteiger partial charge in [-0.1, -0.05) is 31.8 Å². The van der Waals surface area contributed by atoms with Gasteiger partial charge in [0, 0.05) is 5.92 Å². The highest BCUT2D eigenvalue weighted by Crippen LogP contribution is 2.54. The fourth-order valence-electron chi connectivity index (χ4n) is 5.82. The summed E-state index contributed by atoms with van der Waals surface area (Å²) in [5.74, 6) is 3.62. The second kappa shape index (κ2) is 5.41. The molecule has 2 saturated carbocycles. The van der Waals surface area contributed by atoms with Crippen molar-refractivity contribution in [3.05, 3.63) is 22.8 Å². The number of carbonyl (C=O) groups excluding carboxylic acids is 1. The lowest BCUT2D eigenvalue weighted by Crippen LogP contribution is -2.32. The maximum Gasteiger partial charge on any atom is 0.159 e. The van der Waals surface area contributed by atoms with Gasteiger partial charge in [0.1, 0.15) is 0 Å². The molecule has 0 bridgehead atoms. The minimum atomic E-state index is 0.293. The van der Waals surface area contributed by atoms with Gasteiger partial charge in [-0.05, 0) is 79.9 Å². The van der Waals surface area contributed by atoms with Crippen LogP contribution in [-0.4, -0.2) is 5.78 Å². The number of hydrogen-bond donors (Lipinski definition) is 0. The maximum atomic E-state index is 12.3. The highest BCUT2D eigenvalue weighted by atomic mass is 16.1. The summed E-state index contributed by atoms with van der Waals surface area (Å²) >= 11 is 0. The normalized spacial score (nSPS) is 38.7. The van der Waals surface area contributed by atoms with E-state index < -0.39 is 0 Å². The lowest BCUT2D eigenvalue weighted by Gasteiger charge is -2.42. The molecule has 1 heteroatoms. The Balaban J connectivity index is 1.68. The maximum absolute atomic E-state index is 12.3. The van der Waals surface area contributed by atoms with Gasteiger partial charge in [-0.15, -0.1) is 0 Å². The molecule has 1 nitrogen and oxygen atoms in total. The minimum absolute atomic E-state index is 0.293. The average molecular weight is 284 g/mol. The Morgan fingerprint density at radius 2 is 2.05 bits per heavy atom. The van der Waals surface area contributed by atoms with Crippen LogP contribution in [0.3, 0.4) is 0 Å². The third-order valence-corrected chi connectivity index (χ3v) is 6.77. The van der Waals surface area contributed by atoms with Crippen molar-refractivity contribution in [3.8, 4) is 0 Å². The summed E-state index contributed by atoms with van der Waals surface area (Å²) in [5.41, 5.74) is 4.87. The van der Waals surface area contributed by atoms with Crippen molar-refractivity contribution < 1.29 is 4.79 Å². The van der Waals surface area contributed by atoms with Crippen molar-refractivity contribution in [1.29, 1.82) is 0 Å². The van der Waals surface area contributed by atoms with Crippen molar-refractivity contribution >= 4 is 5.78 Å². The number of ketones is 1. The lowest BCUT2D eigenvalue weighted by molar-refractivity contribution is -0.118. The summed E-state index contributed by atoms with van der Waals surface area (Å²) in [5, 5.41) is 0. The molecular formula is C20H28O. The highest BCUT2D eigenvalue weighted by molar-refractivity contribution is 5.95. The summed E-state index contributed by atoms with van der Waals surface area (Å²) < 4.78 is 0. The van der Waals surface area contributed by atoms with Crippen LogP contribution in [0.1, 0.15) is 71.1 Å². The number of fused-ring (bicyclic) bond motifs is 4. The summed E-state index contributed by atoms with van der Waals surface area (Å²) in [4.78, 5) is 12.3. The first kappa shape index (κ1) is 13.8. The summed E-state index contributed by atoms with van der Waals surface area (Å²) in [6.45, 7) is 2.21. The molecule has 0 saturated heterocycles. The second-order valence-electron chi connectivity index (χ2n) is 7.80. The molecule has 4 atom stereocenters. The number of allylic oxidation sites excluding steroid dienone is 4. The Morgan fingerprint density at radius 3 is 2.90 bits per heavy atom.